The van der Waals surface area contributed by atoms with Crippen molar-refractivity contribution in [2.75, 3.05) is 0 Å². The molecular weight excluding hydrogens is 384 g/mol. The minimum atomic E-state index is -0.195. The normalized spacial score (nSPS) is 11.8. The van der Waals surface area contributed by atoms with Crippen molar-refractivity contribution in [3.63, 3.8) is 0 Å². The molecule has 1 aromatic carbocycles. The van der Waals surface area contributed by atoms with Crippen LogP contribution in [-0.4, -0.2) is 19.2 Å². The van der Waals surface area contributed by atoms with Crippen molar-refractivity contribution in [3.05, 3.63) is 75.7 Å². The largest absolute Gasteiger partial charge is 0.461 e. The number of aromatic nitrogens is 4. The standard InChI is InChI=1S/C22H20N4O2S/c1-14(2)11-16-13-29-21-18(16)20-23-19(17-9-6-10-28-17)24-26(20)22(27)25(21)12-15-7-4-3-5-8-15/h3-10,13-14H,11-12H2,1-2H3. The predicted molar refractivity (Wildman–Crippen MR) is 114 cm³/mol. The van der Waals surface area contributed by atoms with Gasteiger partial charge in [-0.05, 0) is 41.0 Å². The van der Waals surface area contributed by atoms with Crippen LogP contribution in [0.25, 0.3) is 27.4 Å². The van der Waals surface area contributed by atoms with Gasteiger partial charge in [0.2, 0.25) is 5.82 Å². The zero-order valence-electron chi connectivity index (χ0n) is 16.2. The molecule has 0 fully saturated rings. The number of thiophene rings is 1. The Balaban J connectivity index is 1.80. The molecule has 0 atom stereocenters. The fraction of sp³-hybridized carbons (Fsp3) is 0.227. The molecule has 0 unspecified atom stereocenters. The second kappa shape index (κ2) is 7.00. The highest BCUT2D eigenvalue weighted by Crippen LogP contribution is 2.31. The van der Waals surface area contributed by atoms with Crippen LogP contribution in [0.2, 0.25) is 0 Å². The van der Waals surface area contributed by atoms with Crippen LogP contribution in [0.4, 0.5) is 0 Å². The van der Waals surface area contributed by atoms with Crippen molar-refractivity contribution >= 4 is 27.2 Å². The molecule has 0 amide bonds. The summed E-state index contributed by atoms with van der Waals surface area (Å²) >= 11 is 1.60. The first-order chi connectivity index (χ1) is 14.1. The monoisotopic (exact) mass is 404 g/mol. The highest BCUT2D eigenvalue weighted by Gasteiger charge is 2.21. The number of fused-ring (bicyclic) bond motifs is 3. The van der Waals surface area contributed by atoms with Crippen LogP contribution in [0.15, 0.2) is 63.3 Å². The Bertz CT molecular complexity index is 1340. The van der Waals surface area contributed by atoms with E-state index in [2.05, 4.69) is 29.3 Å². The smallest absolute Gasteiger partial charge is 0.352 e. The van der Waals surface area contributed by atoms with Crippen LogP contribution < -0.4 is 5.69 Å². The van der Waals surface area contributed by atoms with Crippen molar-refractivity contribution in [1.29, 1.82) is 0 Å². The van der Waals surface area contributed by atoms with Gasteiger partial charge in [0, 0.05) is 0 Å². The van der Waals surface area contributed by atoms with Crippen LogP contribution in [0.5, 0.6) is 0 Å². The van der Waals surface area contributed by atoms with E-state index in [1.807, 2.05) is 30.3 Å². The van der Waals surface area contributed by atoms with Crippen molar-refractivity contribution < 1.29 is 4.42 Å². The number of furan rings is 1. The highest BCUT2D eigenvalue weighted by atomic mass is 32.1. The van der Waals surface area contributed by atoms with Gasteiger partial charge in [-0.15, -0.1) is 16.4 Å². The maximum Gasteiger partial charge on any atom is 0.352 e. The molecule has 0 saturated carbocycles. The summed E-state index contributed by atoms with van der Waals surface area (Å²) in [6, 6.07) is 13.6. The Morgan fingerprint density at radius 1 is 1.14 bits per heavy atom. The zero-order chi connectivity index (χ0) is 20.0. The fourth-order valence-electron chi connectivity index (χ4n) is 3.63. The molecule has 0 aliphatic carbocycles. The van der Waals surface area contributed by atoms with Crippen molar-refractivity contribution in [2.45, 2.75) is 26.8 Å². The van der Waals surface area contributed by atoms with E-state index in [0.717, 1.165) is 22.2 Å². The van der Waals surface area contributed by atoms with Gasteiger partial charge in [0.25, 0.3) is 0 Å². The van der Waals surface area contributed by atoms with E-state index in [0.29, 0.717) is 29.7 Å². The minimum Gasteiger partial charge on any atom is -0.461 e. The zero-order valence-corrected chi connectivity index (χ0v) is 17.0. The molecule has 7 heteroatoms. The van der Waals surface area contributed by atoms with Gasteiger partial charge in [-0.25, -0.2) is 9.78 Å². The molecule has 0 aliphatic heterocycles. The van der Waals surface area contributed by atoms with Crippen molar-refractivity contribution in [2.24, 2.45) is 5.92 Å². The molecule has 0 spiro atoms. The van der Waals surface area contributed by atoms with E-state index in [1.165, 1.54) is 10.1 Å². The van der Waals surface area contributed by atoms with E-state index in [9.17, 15) is 4.79 Å². The summed E-state index contributed by atoms with van der Waals surface area (Å²) in [5, 5.41) is 7.64. The summed E-state index contributed by atoms with van der Waals surface area (Å²) in [5.74, 6) is 1.47. The van der Waals surface area contributed by atoms with Crippen LogP contribution in [0, 0.1) is 5.92 Å². The predicted octanol–water partition coefficient (Wildman–Crippen LogP) is 4.61. The lowest BCUT2D eigenvalue weighted by Crippen LogP contribution is -2.28. The van der Waals surface area contributed by atoms with Crippen molar-refractivity contribution in [3.8, 4) is 11.6 Å². The first-order valence-corrected chi connectivity index (χ1v) is 10.5. The Morgan fingerprint density at radius 2 is 1.97 bits per heavy atom. The summed E-state index contributed by atoms with van der Waals surface area (Å²) in [6.07, 6.45) is 2.50. The van der Waals surface area contributed by atoms with E-state index in [4.69, 9.17) is 4.42 Å². The third-order valence-electron chi connectivity index (χ3n) is 4.89. The molecule has 0 aliphatic rings. The third-order valence-corrected chi connectivity index (χ3v) is 5.94. The summed E-state index contributed by atoms with van der Waals surface area (Å²) in [5.41, 5.74) is 2.67. The molecular formula is C22H20N4O2S. The molecule has 0 saturated heterocycles. The SMILES string of the molecule is CC(C)Cc1csc2c1c1nc(-c3ccco3)nn1c(=O)n2Cc1ccccc1. The average molecular weight is 404 g/mol. The van der Waals surface area contributed by atoms with Gasteiger partial charge >= 0.3 is 5.69 Å². The van der Waals surface area contributed by atoms with Gasteiger partial charge in [0.05, 0.1) is 18.2 Å². The summed E-state index contributed by atoms with van der Waals surface area (Å²) in [7, 11) is 0. The molecule has 4 aromatic heterocycles. The molecule has 5 aromatic rings. The second-order valence-electron chi connectivity index (χ2n) is 7.54. The topological polar surface area (TPSA) is 65.3 Å². The van der Waals surface area contributed by atoms with Gasteiger partial charge in [-0.1, -0.05) is 44.2 Å². The van der Waals surface area contributed by atoms with Crippen molar-refractivity contribution in [1.82, 2.24) is 19.2 Å². The molecule has 29 heavy (non-hydrogen) atoms. The average Bonchev–Trinajstić information content (AvgIpc) is 3.44. The molecule has 0 bridgehead atoms. The molecule has 4 heterocycles. The highest BCUT2D eigenvalue weighted by molar-refractivity contribution is 7.17. The van der Waals surface area contributed by atoms with Gasteiger partial charge in [0.1, 0.15) is 4.83 Å². The Labute approximate surface area is 171 Å². The number of nitrogens with zero attached hydrogens (tertiary/aromatic N) is 4. The first kappa shape index (κ1) is 17.9. The Morgan fingerprint density at radius 3 is 2.69 bits per heavy atom. The molecule has 5 rings (SSSR count). The number of benzene rings is 1. The molecule has 0 N–H and O–H groups in total. The lowest BCUT2D eigenvalue weighted by Gasteiger charge is -2.10. The van der Waals surface area contributed by atoms with Gasteiger partial charge in [0.15, 0.2) is 11.4 Å². The summed E-state index contributed by atoms with van der Waals surface area (Å²) in [4.78, 5) is 19.0. The van der Waals surface area contributed by atoms with E-state index >= 15 is 0 Å². The number of hydrogen-bond donors (Lipinski definition) is 0. The van der Waals surface area contributed by atoms with Crippen LogP contribution in [0.3, 0.4) is 0 Å². The minimum absolute atomic E-state index is 0.195. The third kappa shape index (κ3) is 3.07. The van der Waals surface area contributed by atoms with Crippen LogP contribution >= 0.6 is 11.3 Å². The quantitative estimate of drug-likeness (QED) is 0.429. The maximum absolute atomic E-state index is 13.4. The van der Waals surface area contributed by atoms with E-state index in [1.54, 1.807) is 34.3 Å². The van der Waals surface area contributed by atoms with Crippen LogP contribution in [0.1, 0.15) is 25.0 Å². The fourth-order valence-corrected chi connectivity index (χ4v) is 4.71. The van der Waals surface area contributed by atoms with Gasteiger partial charge in [-0.3, -0.25) is 4.57 Å². The lowest BCUT2D eigenvalue weighted by molar-refractivity contribution is 0.576. The Hall–Kier alpha value is -3.19. The summed E-state index contributed by atoms with van der Waals surface area (Å²) in [6.45, 7) is 4.88. The first-order valence-electron chi connectivity index (χ1n) is 9.59. The van der Waals surface area contributed by atoms with Gasteiger partial charge in [-0.2, -0.15) is 4.52 Å². The summed E-state index contributed by atoms with van der Waals surface area (Å²) < 4.78 is 8.67. The van der Waals surface area contributed by atoms with E-state index in [-0.39, 0.29) is 5.69 Å². The molecule has 0 radical (unpaired) electrons. The van der Waals surface area contributed by atoms with Gasteiger partial charge < -0.3 is 4.42 Å². The number of rotatable bonds is 5. The lowest BCUT2D eigenvalue weighted by atomic mass is 10.0. The second-order valence-corrected chi connectivity index (χ2v) is 8.40. The number of hydrogen-bond acceptors (Lipinski definition) is 5. The van der Waals surface area contributed by atoms with E-state index < -0.39 is 0 Å². The van der Waals surface area contributed by atoms with Crippen LogP contribution in [-0.2, 0) is 13.0 Å². The maximum atomic E-state index is 13.4. The molecule has 6 nitrogen and oxygen atoms in total. The Kier molecular flexibility index (Phi) is 4.32. The molecule has 146 valence electrons.